The molecule has 2 aliphatic rings. The quantitative estimate of drug-likeness (QED) is 0.371. The van der Waals surface area contributed by atoms with Gasteiger partial charge in [0.15, 0.2) is 11.5 Å². The van der Waals surface area contributed by atoms with Crippen molar-refractivity contribution in [3.63, 3.8) is 0 Å². The normalized spacial score (nSPS) is 20.6. The molecular weight excluding hydrogens is 447 g/mol. The molecule has 2 atom stereocenters. The molecule has 0 radical (unpaired) electrons. The zero-order valence-electron chi connectivity index (χ0n) is 20.3. The number of nitrogens with two attached hydrogens (primary N) is 1. The van der Waals surface area contributed by atoms with Gasteiger partial charge in [-0.15, -0.1) is 0 Å². The number of carbonyl (C=O) groups is 1. The summed E-state index contributed by atoms with van der Waals surface area (Å²) in [5.74, 6) is -0.423. The number of benzene rings is 1. The number of halogens is 1. The van der Waals surface area contributed by atoms with Gasteiger partial charge in [0.05, 0.1) is 23.1 Å². The number of nitrogens with zero attached hydrogens (tertiary/aromatic N) is 5. The largest absolute Gasteiger partial charge is 0.397 e. The summed E-state index contributed by atoms with van der Waals surface area (Å²) in [5, 5.41) is 6.39. The lowest BCUT2D eigenvalue weighted by atomic mass is 10.0. The molecule has 184 valence electrons. The van der Waals surface area contributed by atoms with Gasteiger partial charge in [-0.1, -0.05) is 0 Å². The number of amides is 1. The van der Waals surface area contributed by atoms with Gasteiger partial charge in [0.1, 0.15) is 0 Å². The average Bonchev–Trinajstić information content (AvgIpc) is 3.59. The SMILES string of the molecule is CCN=Cc1c(N2C[C@@H](C)N[C@@H](C3CC3)C2)ccc(C(=O)Nc2cn3cc(C)nc3c(F)n2)c1N. The zero-order chi connectivity index (χ0) is 24.7. The first-order valence-electron chi connectivity index (χ1n) is 12.1. The fourth-order valence-electron chi connectivity index (χ4n) is 4.84. The third-order valence-corrected chi connectivity index (χ3v) is 6.61. The van der Waals surface area contributed by atoms with Crippen LogP contribution in [0.2, 0.25) is 0 Å². The summed E-state index contributed by atoms with van der Waals surface area (Å²) in [5.41, 5.74) is 9.63. The molecule has 1 saturated heterocycles. The number of nitrogens with one attached hydrogen (secondary N) is 2. The Hall–Kier alpha value is -3.53. The third-order valence-electron chi connectivity index (χ3n) is 6.61. The van der Waals surface area contributed by atoms with Gasteiger partial charge in [0.25, 0.3) is 11.9 Å². The average molecular weight is 479 g/mol. The second kappa shape index (κ2) is 9.26. The van der Waals surface area contributed by atoms with Crippen LogP contribution < -0.4 is 21.3 Å². The molecule has 1 aromatic carbocycles. The number of aromatic nitrogens is 3. The molecule has 0 spiro atoms. The molecule has 1 amide bonds. The molecular formula is C25H31FN8O. The van der Waals surface area contributed by atoms with Gasteiger partial charge in [0.2, 0.25) is 0 Å². The highest BCUT2D eigenvalue weighted by molar-refractivity contribution is 6.11. The summed E-state index contributed by atoms with van der Waals surface area (Å²) < 4.78 is 15.9. The topological polar surface area (TPSA) is 113 Å². The summed E-state index contributed by atoms with van der Waals surface area (Å²) >= 11 is 0. The number of rotatable bonds is 6. The van der Waals surface area contributed by atoms with E-state index in [1.54, 1.807) is 25.4 Å². The summed E-state index contributed by atoms with van der Waals surface area (Å²) in [6.07, 6.45) is 7.48. The summed E-state index contributed by atoms with van der Waals surface area (Å²) in [7, 11) is 0. The zero-order valence-corrected chi connectivity index (χ0v) is 20.3. The molecule has 1 saturated carbocycles. The van der Waals surface area contributed by atoms with Crippen LogP contribution >= 0.6 is 0 Å². The van der Waals surface area contributed by atoms with E-state index >= 15 is 0 Å². The van der Waals surface area contributed by atoms with Crippen LogP contribution in [0.1, 0.15) is 48.3 Å². The van der Waals surface area contributed by atoms with Crippen molar-refractivity contribution in [3.05, 3.63) is 47.3 Å². The van der Waals surface area contributed by atoms with Gasteiger partial charge in [-0.3, -0.25) is 14.2 Å². The van der Waals surface area contributed by atoms with Crippen molar-refractivity contribution in [1.82, 2.24) is 19.7 Å². The molecule has 4 N–H and O–H groups in total. The Balaban J connectivity index is 1.45. The minimum absolute atomic E-state index is 0.0767. The second-order valence-corrected chi connectivity index (χ2v) is 9.49. The molecule has 1 aliphatic heterocycles. The molecule has 3 aromatic rings. The maximum Gasteiger partial charge on any atom is 0.258 e. The van der Waals surface area contributed by atoms with Crippen LogP contribution in [0, 0.1) is 18.8 Å². The van der Waals surface area contributed by atoms with Crippen LogP contribution in [0.4, 0.5) is 21.6 Å². The Labute approximate surface area is 203 Å². The molecule has 3 heterocycles. The number of aliphatic imine (C=N–C) groups is 1. The number of carbonyl (C=O) groups excluding carboxylic acids is 1. The minimum Gasteiger partial charge on any atom is -0.397 e. The first-order chi connectivity index (χ1) is 16.8. The molecule has 2 aromatic heterocycles. The number of fused-ring (bicyclic) bond motifs is 1. The Bertz CT molecular complexity index is 1300. The van der Waals surface area contributed by atoms with Crippen LogP contribution in [-0.2, 0) is 0 Å². The van der Waals surface area contributed by atoms with E-state index in [1.165, 1.54) is 23.4 Å². The summed E-state index contributed by atoms with van der Waals surface area (Å²) in [6.45, 7) is 8.24. The Morgan fingerprint density at radius 1 is 1.31 bits per heavy atom. The van der Waals surface area contributed by atoms with Gasteiger partial charge in [0, 0.05) is 55.4 Å². The highest BCUT2D eigenvalue weighted by Gasteiger charge is 2.36. The number of anilines is 3. The van der Waals surface area contributed by atoms with Crippen molar-refractivity contribution in [2.75, 3.05) is 35.6 Å². The summed E-state index contributed by atoms with van der Waals surface area (Å²) in [6, 6.07) is 4.44. The fourth-order valence-corrected chi connectivity index (χ4v) is 4.84. The smallest absolute Gasteiger partial charge is 0.258 e. The van der Waals surface area contributed by atoms with Crippen molar-refractivity contribution >= 4 is 35.0 Å². The second-order valence-electron chi connectivity index (χ2n) is 9.49. The van der Waals surface area contributed by atoms with E-state index in [1.807, 2.05) is 13.0 Å². The highest BCUT2D eigenvalue weighted by Crippen LogP contribution is 2.36. The van der Waals surface area contributed by atoms with Crippen molar-refractivity contribution in [2.24, 2.45) is 10.9 Å². The lowest BCUT2D eigenvalue weighted by Crippen LogP contribution is -2.56. The first kappa shape index (κ1) is 23.2. The van der Waals surface area contributed by atoms with E-state index in [4.69, 9.17) is 5.73 Å². The van der Waals surface area contributed by atoms with Crippen LogP contribution in [0.5, 0.6) is 0 Å². The van der Waals surface area contributed by atoms with E-state index in [-0.39, 0.29) is 17.0 Å². The van der Waals surface area contributed by atoms with E-state index in [9.17, 15) is 9.18 Å². The third kappa shape index (κ3) is 4.70. The van der Waals surface area contributed by atoms with Gasteiger partial charge >= 0.3 is 0 Å². The maximum atomic E-state index is 14.4. The molecule has 1 aliphatic carbocycles. The van der Waals surface area contributed by atoms with Crippen molar-refractivity contribution in [3.8, 4) is 0 Å². The number of piperazine rings is 1. The van der Waals surface area contributed by atoms with Gasteiger partial charge < -0.3 is 21.3 Å². The molecule has 35 heavy (non-hydrogen) atoms. The van der Waals surface area contributed by atoms with Crippen molar-refractivity contribution in [2.45, 2.75) is 45.7 Å². The molecule has 0 unspecified atom stereocenters. The van der Waals surface area contributed by atoms with Crippen LogP contribution in [0.25, 0.3) is 5.65 Å². The molecule has 10 heteroatoms. The lowest BCUT2D eigenvalue weighted by Gasteiger charge is -2.40. The molecule has 0 bridgehead atoms. The maximum absolute atomic E-state index is 14.4. The Morgan fingerprint density at radius 2 is 2.11 bits per heavy atom. The summed E-state index contributed by atoms with van der Waals surface area (Å²) in [4.78, 5) is 27.9. The van der Waals surface area contributed by atoms with E-state index in [2.05, 4.69) is 37.4 Å². The van der Waals surface area contributed by atoms with E-state index in [0.29, 0.717) is 30.0 Å². The predicted molar refractivity (Wildman–Crippen MR) is 136 cm³/mol. The van der Waals surface area contributed by atoms with E-state index < -0.39 is 11.9 Å². The highest BCUT2D eigenvalue weighted by atomic mass is 19.1. The molecule has 9 nitrogen and oxygen atoms in total. The van der Waals surface area contributed by atoms with Crippen LogP contribution in [0.15, 0.2) is 29.5 Å². The van der Waals surface area contributed by atoms with Gasteiger partial charge in [-0.25, -0.2) is 4.98 Å². The Morgan fingerprint density at radius 3 is 2.86 bits per heavy atom. The number of hydrogen-bond acceptors (Lipinski definition) is 7. The van der Waals surface area contributed by atoms with Crippen LogP contribution in [0.3, 0.4) is 0 Å². The van der Waals surface area contributed by atoms with Gasteiger partial charge in [-0.2, -0.15) is 9.37 Å². The monoisotopic (exact) mass is 478 g/mol. The lowest BCUT2D eigenvalue weighted by molar-refractivity contribution is 0.102. The number of nitrogen functional groups attached to an aromatic ring is 1. The van der Waals surface area contributed by atoms with Crippen molar-refractivity contribution < 1.29 is 9.18 Å². The molecule has 5 rings (SSSR count). The van der Waals surface area contributed by atoms with E-state index in [0.717, 1.165) is 30.3 Å². The molecule has 2 fully saturated rings. The first-order valence-corrected chi connectivity index (χ1v) is 12.1. The van der Waals surface area contributed by atoms with Gasteiger partial charge in [-0.05, 0) is 51.7 Å². The standard InChI is InChI=1S/C25H31FN8O/c1-4-28-9-18-20(33-10-14(2)29-19(12-33)16-5-6-16)8-7-17(22(18)27)25(35)32-21-13-34-11-15(3)30-24(34)23(26)31-21/h7-9,11,13-14,16,19,29H,4-6,10,12,27H2,1-3H3,(H,32,35)/t14-,19-/m1/s1. The predicted octanol–water partition coefficient (Wildman–Crippen LogP) is 3.03. The number of hydrogen-bond donors (Lipinski definition) is 3. The number of aryl methyl sites for hydroxylation is 1. The van der Waals surface area contributed by atoms with Crippen LogP contribution in [-0.4, -0.2) is 58.2 Å². The Kier molecular flexibility index (Phi) is 6.14. The fraction of sp³-hybridized carbons (Fsp3) is 0.440. The number of imidazole rings is 1. The van der Waals surface area contributed by atoms with Crippen molar-refractivity contribution in [1.29, 1.82) is 0 Å². The minimum atomic E-state index is -0.756.